The van der Waals surface area contributed by atoms with Crippen LogP contribution < -0.4 is 9.47 Å². The highest BCUT2D eigenvalue weighted by Crippen LogP contribution is 2.37. The van der Waals surface area contributed by atoms with Gasteiger partial charge < -0.3 is 14.2 Å². The topological polar surface area (TPSA) is 44.8 Å². The predicted molar refractivity (Wildman–Crippen MR) is 107 cm³/mol. The fourth-order valence-corrected chi connectivity index (χ4v) is 3.14. The van der Waals surface area contributed by atoms with E-state index in [1.54, 1.807) is 19.1 Å². The van der Waals surface area contributed by atoms with Crippen molar-refractivity contribution in [3.8, 4) is 11.5 Å². The Morgan fingerprint density at radius 3 is 2.52 bits per heavy atom. The summed E-state index contributed by atoms with van der Waals surface area (Å²) in [5, 5.41) is 2.58. The number of fused-ring (bicyclic) bond motifs is 1. The second kappa shape index (κ2) is 8.78. The average molecular weight is 385 g/mol. The molecular weight excluding hydrogens is 364 g/mol. The van der Waals surface area contributed by atoms with Gasteiger partial charge in [0, 0.05) is 0 Å². The molecule has 0 atom stereocenters. The number of carbonyl (C=O) groups is 1. The number of esters is 1. The maximum atomic E-state index is 12.0. The minimum absolute atomic E-state index is 0.291. The van der Waals surface area contributed by atoms with Gasteiger partial charge in [-0.15, -0.1) is 0 Å². The van der Waals surface area contributed by atoms with Crippen LogP contribution in [0.2, 0.25) is 5.02 Å². The Hall–Kier alpha value is -2.72. The minimum Gasteiger partial charge on any atom is -0.490 e. The molecule has 0 radical (unpaired) electrons. The van der Waals surface area contributed by atoms with Crippen molar-refractivity contribution in [1.82, 2.24) is 0 Å². The van der Waals surface area contributed by atoms with Gasteiger partial charge in [0.2, 0.25) is 0 Å². The highest BCUT2D eigenvalue weighted by atomic mass is 35.5. The lowest BCUT2D eigenvalue weighted by Gasteiger charge is -2.16. The van der Waals surface area contributed by atoms with Crippen molar-refractivity contribution in [2.75, 3.05) is 13.2 Å². The number of carbonyl (C=O) groups excluding carboxylic acids is 1. The number of ether oxygens (including phenoxy) is 3. The predicted octanol–water partition coefficient (Wildman–Crippen LogP) is 5.65. The molecule has 0 aliphatic heterocycles. The van der Waals surface area contributed by atoms with E-state index in [4.69, 9.17) is 25.8 Å². The molecule has 27 heavy (non-hydrogen) atoms. The summed E-state index contributed by atoms with van der Waals surface area (Å²) < 4.78 is 16.7. The van der Waals surface area contributed by atoms with Gasteiger partial charge in [-0.3, -0.25) is 0 Å². The maximum absolute atomic E-state index is 12.0. The van der Waals surface area contributed by atoms with Crippen LogP contribution in [0.1, 0.15) is 29.8 Å². The second-order valence-corrected chi connectivity index (χ2v) is 6.27. The summed E-state index contributed by atoms with van der Waals surface area (Å²) in [6.07, 6.45) is 0. The normalized spacial score (nSPS) is 10.6. The van der Waals surface area contributed by atoms with Gasteiger partial charge in [-0.25, -0.2) is 4.79 Å². The average Bonchev–Trinajstić information content (AvgIpc) is 2.67. The van der Waals surface area contributed by atoms with E-state index in [0.29, 0.717) is 41.9 Å². The van der Waals surface area contributed by atoms with Crippen molar-refractivity contribution in [1.29, 1.82) is 0 Å². The van der Waals surface area contributed by atoms with Crippen molar-refractivity contribution in [3.63, 3.8) is 0 Å². The Morgan fingerprint density at radius 2 is 1.74 bits per heavy atom. The van der Waals surface area contributed by atoms with E-state index in [-0.39, 0.29) is 0 Å². The lowest BCUT2D eigenvalue weighted by Crippen LogP contribution is -2.07. The molecule has 0 aliphatic carbocycles. The second-order valence-electron chi connectivity index (χ2n) is 5.87. The van der Waals surface area contributed by atoms with Crippen molar-refractivity contribution in [2.45, 2.75) is 20.5 Å². The van der Waals surface area contributed by atoms with Crippen LogP contribution in [0.15, 0.2) is 54.6 Å². The van der Waals surface area contributed by atoms with Gasteiger partial charge in [0.15, 0.2) is 11.5 Å². The fourth-order valence-electron chi connectivity index (χ4n) is 2.87. The first-order valence-corrected chi connectivity index (χ1v) is 9.24. The van der Waals surface area contributed by atoms with E-state index in [2.05, 4.69) is 18.2 Å². The summed E-state index contributed by atoms with van der Waals surface area (Å²) in [6.45, 7) is 4.66. The fraction of sp³-hybridized carbons (Fsp3) is 0.227. The summed E-state index contributed by atoms with van der Waals surface area (Å²) in [7, 11) is 0. The van der Waals surface area contributed by atoms with E-state index in [0.717, 1.165) is 16.3 Å². The molecule has 3 aromatic rings. The molecule has 4 nitrogen and oxygen atoms in total. The zero-order chi connectivity index (χ0) is 19.2. The Bertz CT molecular complexity index is 947. The van der Waals surface area contributed by atoms with Crippen molar-refractivity contribution >= 4 is 28.3 Å². The van der Waals surface area contributed by atoms with Crippen LogP contribution in [0, 0.1) is 0 Å². The summed E-state index contributed by atoms with van der Waals surface area (Å²) in [5.41, 5.74) is 1.38. The number of rotatable bonds is 7. The molecule has 0 saturated heterocycles. The Morgan fingerprint density at radius 1 is 0.963 bits per heavy atom. The Labute approximate surface area is 163 Å². The highest BCUT2D eigenvalue weighted by molar-refractivity contribution is 6.32. The quantitative estimate of drug-likeness (QED) is 0.494. The molecule has 0 spiro atoms. The largest absolute Gasteiger partial charge is 0.490 e. The SMILES string of the molecule is CCOC(=O)c1cc(Cl)c(OCc2cccc3ccccc23)c(OCC)c1. The molecule has 0 N–H and O–H groups in total. The third-order valence-corrected chi connectivity index (χ3v) is 4.35. The molecule has 3 rings (SSSR count). The lowest BCUT2D eigenvalue weighted by atomic mass is 10.1. The first-order valence-electron chi connectivity index (χ1n) is 8.87. The van der Waals surface area contributed by atoms with Gasteiger partial charge in [0.1, 0.15) is 6.61 Å². The van der Waals surface area contributed by atoms with Crippen LogP contribution in [-0.4, -0.2) is 19.2 Å². The summed E-state index contributed by atoms with van der Waals surface area (Å²) >= 11 is 6.39. The van der Waals surface area contributed by atoms with Gasteiger partial charge in [-0.05, 0) is 42.3 Å². The molecular formula is C22H21ClO4. The van der Waals surface area contributed by atoms with Gasteiger partial charge in [0.05, 0.1) is 23.8 Å². The summed E-state index contributed by atoms with van der Waals surface area (Å²) in [5.74, 6) is 0.397. The van der Waals surface area contributed by atoms with Crippen LogP contribution in [0.25, 0.3) is 10.8 Å². The van der Waals surface area contributed by atoms with E-state index in [1.165, 1.54) is 0 Å². The summed E-state index contributed by atoms with van der Waals surface area (Å²) in [4.78, 5) is 12.0. The van der Waals surface area contributed by atoms with Crippen molar-refractivity contribution in [3.05, 3.63) is 70.7 Å². The summed E-state index contributed by atoms with van der Waals surface area (Å²) in [6, 6.07) is 17.3. The first kappa shape index (κ1) is 19.1. The molecule has 0 bridgehead atoms. The minimum atomic E-state index is -0.444. The molecule has 5 heteroatoms. The molecule has 0 heterocycles. The maximum Gasteiger partial charge on any atom is 0.338 e. The number of halogens is 1. The van der Waals surface area contributed by atoms with Gasteiger partial charge in [-0.2, -0.15) is 0 Å². The highest BCUT2D eigenvalue weighted by Gasteiger charge is 2.17. The van der Waals surface area contributed by atoms with Crippen LogP contribution in [0.5, 0.6) is 11.5 Å². The molecule has 0 unspecified atom stereocenters. The third-order valence-electron chi connectivity index (χ3n) is 4.07. The molecule has 0 amide bonds. The molecule has 3 aromatic carbocycles. The van der Waals surface area contributed by atoms with E-state index in [9.17, 15) is 4.79 Å². The van der Waals surface area contributed by atoms with Crippen molar-refractivity contribution < 1.29 is 19.0 Å². The zero-order valence-corrected chi connectivity index (χ0v) is 16.1. The molecule has 0 fully saturated rings. The van der Waals surface area contributed by atoms with Gasteiger partial charge in [0.25, 0.3) is 0 Å². The third kappa shape index (κ3) is 4.34. The van der Waals surface area contributed by atoms with Gasteiger partial charge in [-0.1, -0.05) is 54.1 Å². The van der Waals surface area contributed by atoms with Gasteiger partial charge >= 0.3 is 5.97 Å². The smallest absolute Gasteiger partial charge is 0.338 e. The molecule has 0 aromatic heterocycles. The standard InChI is InChI=1S/C22H21ClO4/c1-3-25-20-13-17(22(24)26-4-2)12-19(23)21(20)27-14-16-10-7-9-15-8-5-6-11-18(15)16/h5-13H,3-4,14H2,1-2H3. The van der Waals surface area contributed by atoms with Crippen LogP contribution in [-0.2, 0) is 11.3 Å². The van der Waals surface area contributed by atoms with E-state index < -0.39 is 5.97 Å². The molecule has 0 aliphatic rings. The Balaban J connectivity index is 1.90. The van der Waals surface area contributed by atoms with E-state index >= 15 is 0 Å². The van der Waals surface area contributed by atoms with Crippen molar-refractivity contribution in [2.24, 2.45) is 0 Å². The number of benzene rings is 3. The molecule has 140 valence electrons. The van der Waals surface area contributed by atoms with Crippen LogP contribution in [0.3, 0.4) is 0 Å². The zero-order valence-electron chi connectivity index (χ0n) is 15.3. The van der Waals surface area contributed by atoms with Crippen LogP contribution in [0.4, 0.5) is 0 Å². The molecule has 0 saturated carbocycles. The number of hydrogen-bond acceptors (Lipinski definition) is 4. The Kier molecular flexibility index (Phi) is 6.20. The lowest BCUT2D eigenvalue weighted by molar-refractivity contribution is 0.0525. The monoisotopic (exact) mass is 384 g/mol. The first-order chi connectivity index (χ1) is 13.1. The van der Waals surface area contributed by atoms with E-state index in [1.807, 2.05) is 31.2 Å². The number of hydrogen-bond donors (Lipinski definition) is 0. The van der Waals surface area contributed by atoms with Crippen LogP contribution >= 0.6 is 11.6 Å².